The van der Waals surface area contributed by atoms with Gasteiger partial charge in [-0.2, -0.15) is 4.31 Å². The summed E-state index contributed by atoms with van der Waals surface area (Å²) in [6.07, 6.45) is 0.966. The minimum atomic E-state index is -3.86. The molecule has 0 saturated carbocycles. The van der Waals surface area contributed by atoms with Crippen LogP contribution in [-0.2, 0) is 10.0 Å². The van der Waals surface area contributed by atoms with Crippen molar-refractivity contribution in [2.75, 3.05) is 25.5 Å². The van der Waals surface area contributed by atoms with Gasteiger partial charge in [-0.25, -0.2) is 12.8 Å². The molecule has 1 N–H and O–H groups in total. The quantitative estimate of drug-likeness (QED) is 0.770. The first-order valence-electron chi connectivity index (χ1n) is 9.87. The van der Waals surface area contributed by atoms with Crippen LogP contribution >= 0.6 is 0 Å². The zero-order valence-electron chi connectivity index (χ0n) is 17.6. The smallest absolute Gasteiger partial charge is 0.255 e. The summed E-state index contributed by atoms with van der Waals surface area (Å²) in [6.45, 7) is 6.63. The van der Waals surface area contributed by atoms with Crippen LogP contribution in [0.5, 0.6) is 5.75 Å². The van der Waals surface area contributed by atoms with Crippen LogP contribution in [0.4, 0.5) is 10.1 Å². The van der Waals surface area contributed by atoms with Crippen LogP contribution in [-0.4, -0.2) is 38.8 Å². The molecular formula is C22H27FN2O4S. The molecule has 2 atom stereocenters. The van der Waals surface area contributed by atoms with Gasteiger partial charge in [0.2, 0.25) is 10.0 Å². The van der Waals surface area contributed by atoms with E-state index in [-0.39, 0.29) is 33.7 Å². The molecular weight excluding hydrogens is 407 g/mol. The zero-order valence-corrected chi connectivity index (χ0v) is 18.4. The first-order chi connectivity index (χ1) is 14.1. The van der Waals surface area contributed by atoms with Gasteiger partial charge in [0.25, 0.3) is 5.91 Å². The highest BCUT2D eigenvalue weighted by Crippen LogP contribution is 2.32. The lowest BCUT2D eigenvalue weighted by molar-refractivity contribution is 0.102. The lowest BCUT2D eigenvalue weighted by Crippen LogP contribution is -2.42. The standard InChI is InChI=1S/C22H27FN2O4S/c1-14-5-7-19(18(23)10-14)24-22(26)17-6-8-20(29-4)21(11-17)30(27,28)25-12-15(2)9-16(3)13-25/h5-8,10-11,15-16H,9,12-13H2,1-4H3,(H,24,26). The molecule has 0 spiro atoms. The number of benzene rings is 2. The largest absolute Gasteiger partial charge is 0.495 e. The van der Waals surface area contributed by atoms with Gasteiger partial charge in [-0.1, -0.05) is 19.9 Å². The highest BCUT2D eigenvalue weighted by Gasteiger charge is 2.34. The number of hydrogen-bond acceptors (Lipinski definition) is 4. The Labute approximate surface area is 177 Å². The Morgan fingerprint density at radius 3 is 2.40 bits per heavy atom. The summed E-state index contributed by atoms with van der Waals surface area (Å²) < 4.78 is 47.5. The van der Waals surface area contributed by atoms with Crippen LogP contribution in [0, 0.1) is 24.6 Å². The number of rotatable bonds is 5. The molecule has 162 valence electrons. The minimum Gasteiger partial charge on any atom is -0.495 e. The Hall–Kier alpha value is -2.45. The topological polar surface area (TPSA) is 75.7 Å². The summed E-state index contributed by atoms with van der Waals surface area (Å²) in [5, 5.41) is 2.50. The number of carbonyl (C=O) groups is 1. The Morgan fingerprint density at radius 1 is 1.13 bits per heavy atom. The van der Waals surface area contributed by atoms with Gasteiger partial charge >= 0.3 is 0 Å². The first-order valence-corrected chi connectivity index (χ1v) is 11.3. The van der Waals surface area contributed by atoms with Gasteiger partial charge in [-0.05, 0) is 61.1 Å². The van der Waals surface area contributed by atoms with E-state index in [0.717, 1.165) is 12.0 Å². The number of carbonyl (C=O) groups excluding carboxylic acids is 1. The fourth-order valence-corrected chi connectivity index (χ4v) is 5.74. The molecule has 0 aliphatic carbocycles. The molecule has 1 fully saturated rings. The number of aryl methyl sites for hydroxylation is 1. The van der Waals surface area contributed by atoms with E-state index in [9.17, 15) is 17.6 Å². The summed E-state index contributed by atoms with van der Waals surface area (Å²) in [7, 11) is -2.47. The Morgan fingerprint density at radius 2 is 1.80 bits per heavy atom. The summed E-state index contributed by atoms with van der Waals surface area (Å²) in [5.74, 6) is -0.506. The lowest BCUT2D eigenvalue weighted by atomic mass is 9.94. The number of amides is 1. The molecule has 0 aromatic heterocycles. The Balaban J connectivity index is 1.94. The van der Waals surface area contributed by atoms with Gasteiger partial charge in [0, 0.05) is 18.7 Å². The maximum absolute atomic E-state index is 14.1. The maximum atomic E-state index is 14.1. The van der Waals surface area contributed by atoms with Crippen molar-refractivity contribution in [2.24, 2.45) is 11.8 Å². The molecule has 0 radical (unpaired) electrons. The Kier molecular flexibility index (Phi) is 6.47. The second-order valence-corrected chi connectivity index (χ2v) is 9.98. The zero-order chi connectivity index (χ0) is 22.1. The molecule has 1 aliphatic heterocycles. The molecule has 1 aliphatic rings. The number of hydrogen-bond donors (Lipinski definition) is 1. The molecule has 2 aromatic rings. The third kappa shape index (κ3) is 4.65. The fraction of sp³-hybridized carbons (Fsp3) is 0.409. The number of piperidine rings is 1. The van der Waals surface area contributed by atoms with Crippen molar-refractivity contribution >= 4 is 21.6 Å². The number of nitrogens with zero attached hydrogens (tertiary/aromatic N) is 1. The monoisotopic (exact) mass is 434 g/mol. The van der Waals surface area contributed by atoms with Crippen molar-refractivity contribution in [2.45, 2.75) is 32.1 Å². The number of nitrogens with one attached hydrogen (secondary N) is 1. The predicted molar refractivity (Wildman–Crippen MR) is 114 cm³/mol. The van der Waals surface area contributed by atoms with Crippen molar-refractivity contribution in [1.82, 2.24) is 4.31 Å². The van der Waals surface area contributed by atoms with E-state index < -0.39 is 21.7 Å². The molecule has 2 unspecified atom stereocenters. The van der Waals surface area contributed by atoms with Crippen molar-refractivity contribution in [3.05, 3.63) is 53.3 Å². The van der Waals surface area contributed by atoms with E-state index in [4.69, 9.17) is 4.74 Å². The van der Waals surface area contributed by atoms with Crippen LogP contribution in [0.1, 0.15) is 36.2 Å². The number of halogens is 1. The number of methoxy groups -OCH3 is 1. The van der Waals surface area contributed by atoms with E-state index in [1.807, 2.05) is 13.8 Å². The molecule has 6 nitrogen and oxygen atoms in total. The van der Waals surface area contributed by atoms with Gasteiger partial charge in [-0.15, -0.1) is 0 Å². The maximum Gasteiger partial charge on any atom is 0.255 e. The van der Waals surface area contributed by atoms with Crippen LogP contribution in [0.15, 0.2) is 41.3 Å². The van der Waals surface area contributed by atoms with E-state index in [2.05, 4.69) is 5.32 Å². The van der Waals surface area contributed by atoms with Gasteiger partial charge in [0.1, 0.15) is 16.5 Å². The van der Waals surface area contributed by atoms with Crippen LogP contribution < -0.4 is 10.1 Å². The summed E-state index contributed by atoms with van der Waals surface area (Å²) in [4.78, 5) is 12.6. The molecule has 0 bridgehead atoms. The highest BCUT2D eigenvalue weighted by atomic mass is 32.2. The summed E-state index contributed by atoms with van der Waals surface area (Å²) >= 11 is 0. The highest BCUT2D eigenvalue weighted by molar-refractivity contribution is 7.89. The first kappa shape index (κ1) is 22.2. The average molecular weight is 435 g/mol. The van der Waals surface area contributed by atoms with E-state index in [1.54, 1.807) is 13.0 Å². The van der Waals surface area contributed by atoms with Gasteiger partial charge in [-0.3, -0.25) is 4.79 Å². The second-order valence-electron chi connectivity index (χ2n) is 8.07. The fourth-order valence-electron chi connectivity index (χ4n) is 3.88. The van der Waals surface area contributed by atoms with Gasteiger partial charge < -0.3 is 10.1 Å². The molecule has 8 heteroatoms. The number of ether oxygens (including phenoxy) is 1. The summed E-state index contributed by atoms with van der Waals surface area (Å²) in [5.41, 5.74) is 0.866. The molecule has 1 heterocycles. The molecule has 1 amide bonds. The average Bonchev–Trinajstić information content (AvgIpc) is 2.68. The third-order valence-corrected chi connectivity index (χ3v) is 7.10. The van der Waals surface area contributed by atoms with Crippen molar-refractivity contribution in [1.29, 1.82) is 0 Å². The van der Waals surface area contributed by atoms with Gasteiger partial charge in [0.15, 0.2) is 0 Å². The van der Waals surface area contributed by atoms with Crippen LogP contribution in [0.25, 0.3) is 0 Å². The second kappa shape index (κ2) is 8.73. The van der Waals surface area contributed by atoms with E-state index in [0.29, 0.717) is 13.1 Å². The molecule has 3 rings (SSSR count). The van der Waals surface area contributed by atoms with Gasteiger partial charge in [0.05, 0.1) is 12.8 Å². The SMILES string of the molecule is COc1ccc(C(=O)Nc2ccc(C)cc2F)cc1S(=O)(=O)N1CC(C)CC(C)C1. The molecule has 2 aromatic carbocycles. The van der Waals surface area contributed by atoms with Crippen LogP contribution in [0.3, 0.4) is 0 Å². The normalized spacial score (nSPS) is 20.0. The van der Waals surface area contributed by atoms with E-state index >= 15 is 0 Å². The Bertz CT molecular complexity index is 1050. The van der Waals surface area contributed by atoms with Crippen molar-refractivity contribution in [3.8, 4) is 5.75 Å². The van der Waals surface area contributed by atoms with E-state index in [1.165, 1.54) is 41.7 Å². The number of sulfonamides is 1. The third-order valence-electron chi connectivity index (χ3n) is 5.25. The summed E-state index contributed by atoms with van der Waals surface area (Å²) in [6, 6.07) is 8.67. The lowest BCUT2D eigenvalue weighted by Gasteiger charge is -2.34. The molecule has 1 saturated heterocycles. The predicted octanol–water partition coefficient (Wildman–Crippen LogP) is 4.06. The van der Waals surface area contributed by atoms with Crippen molar-refractivity contribution < 1.29 is 22.3 Å². The van der Waals surface area contributed by atoms with Crippen molar-refractivity contribution in [3.63, 3.8) is 0 Å². The molecule has 30 heavy (non-hydrogen) atoms. The minimum absolute atomic E-state index is 0.0319. The number of anilines is 1. The van der Waals surface area contributed by atoms with Crippen LogP contribution in [0.2, 0.25) is 0 Å².